The molecule has 0 atom stereocenters. The van der Waals surface area contributed by atoms with Crippen LogP contribution in [0.15, 0.2) is 53.4 Å². The summed E-state index contributed by atoms with van der Waals surface area (Å²) in [5, 5.41) is 2.65. The fourth-order valence-electron chi connectivity index (χ4n) is 2.10. The number of nitrogens with one attached hydrogen (secondary N) is 2. The summed E-state index contributed by atoms with van der Waals surface area (Å²) in [6.07, 6.45) is 0. The number of amides is 2. The Hall–Kier alpha value is -2.91. The average Bonchev–Trinajstić information content (AvgIpc) is 2.60. The molecule has 0 spiro atoms. The number of benzene rings is 2. The Balaban J connectivity index is 2.15. The minimum Gasteiger partial charge on any atom is -0.484 e. The van der Waals surface area contributed by atoms with Crippen molar-refractivity contribution in [2.45, 2.75) is 11.8 Å². The first-order chi connectivity index (χ1) is 12.3. The van der Waals surface area contributed by atoms with E-state index in [2.05, 4.69) is 10.0 Å². The summed E-state index contributed by atoms with van der Waals surface area (Å²) in [6, 6.07) is 12.1. The van der Waals surface area contributed by atoms with E-state index in [4.69, 9.17) is 10.5 Å². The van der Waals surface area contributed by atoms with Gasteiger partial charge < -0.3 is 15.8 Å². The van der Waals surface area contributed by atoms with E-state index in [-0.39, 0.29) is 23.6 Å². The van der Waals surface area contributed by atoms with E-state index in [1.807, 2.05) is 0 Å². The molecule has 4 N–H and O–H groups in total. The Labute approximate surface area is 151 Å². The number of carbonyl (C=O) groups is 2. The highest BCUT2D eigenvalue weighted by molar-refractivity contribution is 7.89. The maximum absolute atomic E-state index is 12.4. The van der Waals surface area contributed by atoms with Gasteiger partial charge in [-0.2, -0.15) is 0 Å². The third-order valence-corrected chi connectivity index (χ3v) is 4.76. The highest BCUT2D eigenvalue weighted by Crippen LogP contribution is 2.19. The molecule has 0 fully saturated rings. The number of primary amides is 1. The van der Waals surface area contributed by atoms with Crippen LogP contribution in [0.4, 0.5) is 5.69 Å². The number of sulfonamides is 1. The minimum atomic E-state index is -3.66. The van der Waals surface area contributed by atoms with Gasteiger partial charge in [-0.05, 0) is 30.3 Å². The van der Waals surface area contributed by atoms with Crippen molar-refractivity contribution in [1.29, 1.82) is 0 Å². The SMILES string of the molecule is CCNS(=O)(=O)c1cccc(C(=O)Nc2cccc(OCC(N)=O)c2)c1. The first-order valence-electron chi connectivity index (χ1n) is 7.74. The Morgan fingerprint density at radius 2 is 1.85 bits per heavy atom. The molecule has 0 bridgehead atoms. The summed E-state index contributed by atoms with van der Waals surface area (Å²) in [6.45, 7) is 1.64. The van der Waals surface area contributed by atoms with Crippen LogP contribution in [-0.2, 0) is 14.8 Å². The molecule has 138 valence electrons. The van der Waals surface area contributed by atoms with Gasteiger partial charge in [0.1, 0.15) is 5.75 Å². The summed E-state index contributed by atoms with van der Waals surface area (Å²) in [5.41, 5.74) is 5.63. The highest BCUT2D eigenvalue weighted by Gasteiger charge is 2.15. The van der Waals surface area contributed by atoms with Crippen molar-refractivity contribution in [2.24, 2.45) is 5.73 Å². The van der Waals surface area contributed by atoms with Crippen molar-refractivity contribution >= 4 is 27.5 Å². The fourth-order valence-corrected chi connectivity index (χ4v) is 3.19. The number of ether oxygens (including phenoxy) is 1. The number of hydrogen-bond acceptors (Lipinski definition) is 5. The number of rotatable bonds is 8. The van der Waals surface area contributed by atoms with E-state index in [0.717, 1.165) is 0 Å². The maximum atomic E-state index is 12.4. The fraction of sp³-hybridized carbons (Fsp3) is 0.176. The van der Waals surface area contributed by atoms with Crippen LogP contribution in [0.3, 0.4) is 0 Å². The number of nitrogens with two attached hydrogens (primary N) is 1. The lowest BCUT2D eigenvalue weighted by Gasteiger charge is -2.09. The molecule has 2 amide bonds. The molecule has 0 radical (unpaired) electrons. The number of hydrogen-bond donors (Lipinski definition) is 3. The van der Waals surface area contributed by atoms with Crippen molar-refractivity contribution in [1.82, 2.24) is 4.72 Å². The van der Waals surface area contributed by atoms with E-state index in [1.54, 1.807) is 25.1 Å². The van der Waals surface area contributed by atoms with Crippen molar-refractivity contribution < 1.29 is 22.7 Å². The topological polar surface area (TPSA) is 128 Å². The molecular weight excluding hydrogens is 358 g/mol. The van der Waals surface area contributed by atoms with E-state index in [0.29, 0.717) is 11.4 Å². The molecule has 8 nitrogen and oxygen atoms in total. The molecule has 0 aliphatic rings. The quantitative estimate of drug-likeness (QED) is 0.635. The molecule has 0 saturated carbocycles. The minimum absolute atomic E-state index is 0.00513. The van der Waals surface area contributed by atoms with Gasteiger partial charge in [-0.1, -0.05) is 19.1 Å². The zero-order chi connectivity index (χ0) is 19.2. The largest absolute Gasteiger partial charge is 0.484 e. The summed E-state index contributed by atoms with van der Waals surface area (Å²) in [4.78, 5) is 23.1. The van der Waals surface area contributed by atoms with Crippen LogP contribution in [0.1, 0.15) is 17.3 Å². The monoisotopic (exact) mass is 377 g/mol. The third kappa shape index (κ3) is 5.30. The van der Waals surface area contributed by atoms with E-state index < -0.39 is 21.8 Å². The lowest BCUT2D eigenvalue weighted by atomic mass is 10.2. The van der Waals surface area contributed by atoms with E-state index in [9.17, 15) is 18.0 Å². The predicted molar refractivity (Wildman–Crippen MR) is 96.4 cm³/mol. The van der Waals surface area contributed by atoms with Gasteiger partial charge in [-0.3, -0.25) is 9.59 Å². The Morgan fingerprint density at radius 3 is 2.54 bits per heavy atom. The second-order valence-corrected chi connectivity index (χ2v) is 7.03. The van der Waals surface area contributed by atoms with Crippen molar-refractivity contribution in [3.8, 4) is 5.75 Å². The van der Waals surface area contributed by atoms with Crippen LogP contribution in [0.25, 0.3) is 0 Å². The summed E-state index contributed by atoms with van der Waals surface area (Å²) in [7, 11) is -3.66. The van der Waals surface area contributed by atoms with E-state index in [1.165, 1.54) is 30.3 Å². The first-order valence-corrected chi connectivity index (χ1v) is 9.22. The first kappa shape index (κ1) is 19.4. The van der Waals surface area contributed by atoms with Gasteiger partial charge in [0.05, 0.1) is 4.90 Å². The molecule has 0 heterocycles. The molecule has 0 aliphatic carbocycles. The van der Waals surface area contributed by atoms with Crippen molar-refractivity contribution in [2.75, 3.05) is 18.5 Å². The highest BCUT2D eigenvalue weighted by atomic mass is 32.2. The van der Waals surface area contributed by atoms with Gasteiger partial charge in [0.25, 0.3) is 11.8 Å². The van der Waals surface area contributed by atoms with Crippen LogP contribution >= 0.6 is 0 Å². The van der Waals surface area contributed by atoms with Crippen LogP contribution in [0.5, 0.6) is 5.75 Å². The van der Waals surface area contributed by atoms with Crippen LogP contribution in [0.2, 0.25) is 0 Å². The molecule has 0 aromatic heterocycles. The molecule has 9 heteroatoms. The van der Waals surface area contributed by atoms with Gasteiger partial charge in [0.2, 0.25) is 10.0 Å². The second kappa shape index (κ2) is 8.45. The Kier molecular flexibility index (Phi) is 6.31. The van der Waals surface area contributed by atoms with Gasteiger partial charge >= 0.3 is 0 Å². The second-order valence-electron chi connectivity index (χ2n) is 5.27. The molecule has 2 rings (SSSR count). The summed E-state index contributed by atoms with van der Waals surface area (Å²) in [5.74, 6) is -0.728. The Bertz CT molecular complexity index is 912. The lowest BCUT2D eigenvalue weighted by Crippen LogP contribution is -2.23. The van der Waals surface area contributed by atoms with Gasteiger partial charge in [0.15, 0.2) is 6.61 Å². The van der Waals surface area contributed by atoms with E-state index >= 15 is 0 Å². The molecule has 2 aromatic rings. The molecule has 0 aliphatic heterocycles. The molecule has 0 unspecified atom stereocenters. The predicted octanol–water partition coefficient (Wildman–Crippen LogP) is 1.10. The standard InChI is InChI=1S/C17H19N3O5S/c1-2-19-26(23,24)15-8-3-5-12(9-15)17(22)20-13-6-4-7-14(10-13)25-11-16(18)21/h3-10,19H,2,11H2,1H3,(H2,18,21)(H,20,22). The van der Waals surface area contributed by atoms with Gasteiger partial charge in [-0.15, -0.1) is 0 Å². The molecule has 26 heavy (non-hydrogen) atoms. The number of carbonyl (C=O) groups excluding carboxylic acids is 2. The van der Waals surface area contributed by atoms with Crippen LogP contribution < -0.4 is 20.5 Å². The summed E-state index contributed by atoms with van der Waals surface area (Å²) < 4.78 is 31.6. The van der Waals surface area contributed by atoms with Crippen LogP contribution in [-0.4, -0.2) is 33.4 Å². The maximum Gasteiger partial charge on any atom is 0.255 e. The van der Waals surface area contributed by atoms with Crippen LogP contribution in [0, 0.1) is 0 Å². The van der Waals surface area contributed by atoms with Gasteiger partial charge in [-0.25, -0.2) is 13.1 Å². The zero-order valence-electron chi connectivity index (χ0n) is 14.1. The smallest absolute Gasteiger partial charge is 0.255 e. The zero-order valence-corrected chi connectivity index (χ0v) is 14.9. The summed E-state index contributed by atoms with van der Waals surface area (Å²) >= 11 is 0. The Morgan fingerprint density at radius 1 is 1.12 bits per heavy atom. The molecular formula is C17H19N3O5S. The van der Waals surface area contributed by atoms with Gasteiger partial charge in [0, 0.05) is 23.9 Å². The average molecular weight is 377 g/mol. The molecule has 2 aromatic carbocycles. The van der Waals surface area contributed by atoms with Crippen molar-refractivity contribution in [3.63, 3.8) is 0 Å². The third-order valence-electron chi connectivity index (χ3n) is 3.21. The van der Waals surface area contributed by atoms with Crippen molar-refractivity contribution in [3.05, 3.63) is 54.1 Å². The molecule has 0 saturated heterocycles. The normalized spacial score (nSPS) is 11.0. The lowest BCUT2D eigenvalue weighted by molar-refractivity contribution is -0.119. The number of anilines is 1.